The molecule has 9 nitrogen and oxygen atoms in total. The van der Waals surface area contributed by atoms with Gasteiger partial charge in [0, 0.05) is 29.2 Å². The van der Waals surface area contributed by atoms with Crippen LogP contribution in [-0.4, -0.2) is 48.4 Å². The number of aromatic nitrogens is 2. The molecule has 1 aromatic heterocycles. The lowest BCUT2D eigenvalue weighted by atomic mass is 9.96. The molecule has 3 N–H and O–H groups in total. The van der Waals surface area contributed by atoms with Gasteiger partial charge in [0.15, 0.2) is 16.6 Å². The van der Waals surface area contributed by atoms with Gasteiger partial charge in [0.05, 0.1) is 27.4 Å². The minimum Gasteiger partial charge on any atom is -0.493 e. The maximum Gasteiger partial charge on any atom is 0.229 e. The Hall–Kier alpha value is -3.14. The molecule has 1 heterocycles. The standard InChI is InChI=1S/C23H32N6O3S/c1-14-11-15(2)25-21(24-14)28-22(26-16-9-7-6-8-10-16)29-23(33)27-17-12-18(30-3)20(32-5)19(13-17)31-4/h11-13,16H,6-10H2,1-5H3,(H3,24,25,26,27,28,29,33). The molecular formula is C23H32N6O3S. The molecule has 2 aromatic rings. The highest BCUT2D eigenvalue weighted by molar-refractivity contribution is 7.80. The van der Waals surface area contributed by atoms with E-state index in [2.05, 4.69) is 25.9 Å². The Balaban J connectivity index is 1.80. The summed E-state index contributed by atoms with van der Waals surface area (Å²) in [6.07, 6.45) is 5.70. The van der Waals surface area contributed by atoms with E-state index in [4.69, 9.17) is 31.4 Å². The lowest BCUT2D eigenvalue weighted by molar-refractivity contribution is 0.324. The third-order valence-corrected chi connectivity index (χ3v) is 5.46. The minimum absolute atomic E-state index is 0.226. The number of hydrogen-bond donors (Lipinski definition) is 3. The van der Waals surface area contributed by atoms with Crippen molar-refractivity contribution >= 4 is 34.9 Å². The summed E-state index contributed by atoms with van der Waals surface area (Å²) in [5, 5.41) is 9.90. The number of thiocarbonyl (C=S) groups is 1. The number of rotatable bonds is 6. The summed E-state index contributed by atoms with van der Waals surface area (Å²) in [6, 6.07) is 5.72. The molecule has 0 bridgehead atoms. The summed E-state index contributed by atoms with van der Waals surface area (Å²) in [5.74, 6) is 2.56. The Labute approximate surface area is 200 Å². The van der Waals surface area contributed by atoms with Crippen molar-refractivity contribution in [3.63, 3.8) is 0 Å². The Morgan fingerprint density at radius 2 is 1.52 bits per heavy atom. The van der Waals surface area contributed by atoms with Crippen molar-refractivity contribution in [3.05, 3.63) is 29.6 Å². The van der Waals surface area contributed by atoms with Crippen molar-refractivity contribution in [1.29, 1.82) is 0 Å². The van der Waals surface area contributed by atoms with Crippen molar-refractivity contribution < 1.29 is 14.2 Å². The fourth-order valence-corrected chi connectivity index (χ4v) is 4.01. The van der Waals surface area contributed by atoms with Crippen LogP contribution in [0.25, 0.3) is 0 Å². The Morgan fingerprint density at radius 1 is 0.909 bits per heavy atom. The van der Waals surface area contributed by atoms with Crippen LogP contribution in [0.3, 0.4) is 0 Å². The van der Waals surface area contributed by atoms with Crippen LogP contribution in [0, 0.1) is 13.8 Å². The van der Waals surface area contributed by atoms with Gasteiger partial charge in [-0.15, -0.1) is 0 Å². The maximum absolute atomic E-state index is 5.57. The molecular weight excluding hydrogens is 440 g/mol. The second-order valence-corrected chi connectivity index (χ2v) is 8.27. The topological polar surface area (TPSA) is 102 Å². The Morgan fingerprint density at radius 3 is 2.06 bits per heavy atom. The molecule has 0 spiro atoms. The highest BCUT2D eigenvalue weighted by atomic mass is 32.1. The van der Waals surface area contributed by atoms with E-state index in [0.717, 1.165) is 24.2 Å². The van der Waals surface area contributed by atoms with E-state index in [1.807, 2.05) is 19.9 Å². The zero-order valence-corrected chi connectivity index (χ0v) is 20.6. The lowest BCUT2D eigenvalue weighted by Gasteiger charge is -2.21. The first-order valence-electron chi connectivity index (χ1n) is 11.0. The molecule has 0 aliphatic heterocycles. The smallest absolute Gasteiger partial charge is 0.229 e. The largest absolute Gasteiger partial charge is 0.493 e. The second-order valence-electron chi connectivity index (χ2n) is 7.86. The van der Waals surface area contributed by atoms with Crippen molar-refractivity contribution in [2.24, 2.45) is 4.99 Å². The number of aliphatic imine (C=N–C) groups is 1. The van der Waals surface area contributed by atoms with Gasteiger partial charge in [-0.2, -0.15) is 0 Å². The third kappa shape index (κ3) is 6.92. The molecule has 3 rings (SSSR count). The first-order chi connectivity index (χ1) is 15.9. The maximum atomic E-state index is 5.57. The normalized spacial score (nSPS) is 14.4. The molecule has 1 saturated carbocycles. The van der Waals surface area contributed by atoms with E-state index >= 15 is 0 Å². The molecule has 1 aromatic carbocycles. The van der Waals surface area contributed by atoms with Gasteiger partial charge >= 0.3 is 0 Å². The first-order valence-corrected chi connectivity index (χ1v) is 11.4. The van der Waals surface area contributed by atoms with Gasteiger partial charge in [-0.1, -0.05) is 19.3 Å². The monoisotopic (exact) mass is 472 g/mol. The van der Waals surface area contributed by atoms with Gasteiger partial charge in [-0.25, -0.2) is 15.0 Å². The van der Waals surface area contributed by atoms with Crippen LogP contribution in [0.5, 0.6) is 17.2 Å². The molecule has 10 heteroatoms. The number of guanidine groups is 1. The van der Waals surface area contributed by atoms with E-state index < -0.39 is 0 Å². The van der Waals surface area contributed by atoms with Crippen molar-refractivity contribution in [2.75, 3.05) is 32.0 Å². The molecule has 1 aliphatic rings. The zero-order chi connectivity index (χ0) is 23.8. The third-order valence-electron chi connectivity index (χ3n) is 5.25. The van der Waals surface area contributed by atoms with Gasteiger partial charge in [0.2, 0.25) is 17.7 Å². The van der Waals surface area contributed by atoms with Gasteiger partial charge in [0.1, 0.15) is 0 Å². The van der Waals surface area contributed by atoms with Gasteiger partial charge < -0.3 is 24.8 Å². The predicted molar refractivity (Wildman–Crippen MR) is 135 cm³/mol. The molecule has 1 aliphatic carbocycles. The summed E-state index contributed by atoms with van der Waals surface area (Å²) in [4.78, 5) is 13.8. The highest BCUT2D eigenvalue weighted by Crippen LogP contribution is 2.39. The number of hydrogen-bond acceptors (Lipinski definition) is 7. The van der Waals surface area contributed by atoms with Crippen molar-refractivity contribution in [1.82, 2.24) is 15.3 Å². The second kappa shape index (κ2) is 11.6. The Bertz CT molecular complexity index is 962. The van der Waals surface area contributed by atoms with E-state index in [9.17, 15) is 0 Å². The van der Waals surface area contributed by atoms with Crippen LogP contribution in [0.15, 0.2) is 23.2 Å². The number of methoxy groups -OCH3 is 3. The van der Waals surface area contributed by atoms with Crippen LogP contribution in [0.1, 0.15) is 43.5 Å². The van der Waals surface area contributed by atoms with Gasteiger partial charge in [-0.3, -0.25) is 5.32 Å². The fraction of sp³-hybridized carbons (Fsp3) is 0.478. The minimum atomic E-state index is 0.226. The number of nitrogens with zero attached hydrogens (tertiary/aromatic N) is 3. The molecule has 0 radical (unpaired) electrons. The molecule has 178 valence electrons. The molecule has 1 fully saturated rings. The van der Waals surface area contributed by atoms with E-state index in [1.54, 1.807) is 33.5 Å². The molecule has 0 amide bonds. The SMILES string of the molecule is COc1cc(NC(=S)NC(=NC2CCCCC2)Nc2nc(C)cc(C)n2)cc(OC)c1OC. The van der Waals surface area contributed by atoms with Gasteiger partial charge in [0.25, 0.3) is 0 Å². The van der Waals surface area contributed by atoms with Crippen molar-refractivity contribution in [2.45, 2.75) is 52.0 Å². The molecule has 33 heavy (non-hydrogen) atoms. The average Bonchev–Trinajstić information content (AvgIpc) is 2.78. The molecule has 0 atom stereocenters. The summed E-state index contributed by atoms with van der Waals surface area (Å²) in [6.45, 7) is 3.86. The predicted octanol–water partition coefficient (Wildman–Crippen LogP) is 4.21. The summed E-state index contributed by atoms with van der Waals surface area (Å²) < 4.78 is 16.2. The summed E-state index contributed by atoms with van der Waals surface area (Å²) in [5.41, 5.74) is 2.43. The molecule has 0 saturated heterocycles. The van der Waals surface area contributed by atoms with Gasteiger partial charge in [-0.05, 0) is 45.0 Å². The van der Waals surface area contributed by atoms with Crippen LogP contribution in [-0.2, 0) is 0 Å². The van der Waals surface area contributed by atoms with E-state index in [-0.39, 0.29) is 6.04 Å². The van der Waals surface area contributed by atoms with E-state index in [0.29, 0.717) is 40.0 Å². The first kappa shape index (κ1) is 24.5. The number of aryl methyl sites for hydroxylation is 2. The summed E-state index contributed by atoms with van der Waals surface area (Å²) in [7, 11) is 4.70. The van der Waals surface area contributed by atoms with E-state index in [1.165, 1.54) is 19.3 Å². The van der Waals surface area contributed by atoms with Crippen molar-refractivity contribution in [3.8, 4) is 17.2 Å². The number of nitrogens with one attached hydrogen (secondary N) is 3. The highest BCUT2D eigenvalue weighted by Gasteiger charge is 2.17. The number of benzene rings is 1. The average molecular weight is 473 g/mol. The quantitative estimate of drug-likeness (QED) is 0.324. The zero-order valence-electron chi connectivity index (χ0n) is 19.8. The van der Waals surface area contributed by atoms with Crippen LogP contribution < -0.4 is 30.2 Å². The number of ether oxygens (including phenoxy) is 3. The number of anilines is 2. The molecule has 0 unspecified atom stereocenters. The fourth-order valence-electron chi connectivity index (χ4n) is 3.80. The van der Waals surface area contributed by atoms with Crippen LogP contribution in [0.4, 0.5) is 11.6 Å². The van der Waals surface area contributed by atoms with Crippen LogP contribution >= 0.6 is 12.2 Å². The Kier molecular flexibility index (Phi) is 8.65. The summed E-state index contributed by atoms with van der Waals surface area (Å²) >= 11 is 5.57. The lowest BCUT2D eigenvalue weighted by Crippen LogP contribution is -2.40. The van der Waals surface area contributed by atoms with Crippen LogP contribution in [0.2, 0.25) is 0 Å².